The molecule has 2 aromatic carbocycles. The molecule has 1 aliphatic heterocycles. The molecule has 0 fully saturated rings. The van der Waals surface area contributed by atoms with Gasteiger partial charge >= 0.3 is 0 Å². The van der Waals surface area contributed by atoms with E-state index in [0.29, 0.717) is 17.5 Å². The van der Waals surface area contributed by atoms with Crippen molar-refractivity contribution in [3.8, 4) is 5.75 Å². The van der Waals surface area contributed by atoms with Crippen LogP contribution in [0.1, 0.15) is 26.3 Å². The fourth-order valence-corrected chi connectivity index (χ4v) is 2.68. The van der Waals surface area contributed by atoms with Crippen molar-refractivity contribution in [2.24, 2.45) is 0 Å². The fourth-order valence-electron chi connectivity index (χ4n) is 2.68. The average Bonchev–Trinajstić information content (AvgIpc) is 2.79. The molecule has 0 aliphatic carbocycles. The molecule has 1 atom stereocenters. The highest BCUT2D eigenvalue weighted by Gasteiger charge is 2.39. The summed E-state index contributed by atoms with van der Waals surface area (Å²) in [6.07, 6.45) is 0.336. The third-order valence-corrected chi connectivity index (χ3v) is 3.81. The van der Waals surface area contributed by atoms with Gasteiger partial charge in [-0.3, -0.25) is 14.5 Å². The summed E-state index contributed by atoms with van der Waals surface area (Å²) in [6.45, 7) is -0.313. The standard InChI is InChI=1S/C17H15NO4/c19-10-12(9-11-5-7-13(20)8-6-11)18-16(21)14-3-1-2-4-15(14)17(18)22/h1-8,12,19-20H,9-10H2. The predicted molar refractivity (Wildman–Crippen MR) is 79.6 cm³/mol. The topological polar surface area (TPSA) is 77.8 Å². The molecule has 1 unspecified atom stereocenters. The monoisotopic (exact) mass is 297 g/mol. The number of aliphatic hydroxyl groups is 1. The first-order valence-electron chi connectivity index (χ1n) is 6.97. The van der Waals surface area contributed by atoms with E-state index in [4.69, 9.17) is 0 Å². The van der Waals surface area contributed by atoms with E-state index in [1.54, 1.807) is 36.4 Å². The van der Waals surface area contributed by atoms with Gasteiger partial charge < -0.3 is 10.2 Å². The van der Waals surface area contributed by atoms with E-state index in [1.165, 1.54) is 12.1 Å². The fraction of sp³-hybridized carbons (Fsp3) is 0.176. The number of imide groups is 1. The van der Waals surface area contributed by atoms with E-state index in [-0.39, 0.29) is 24.2 Å². The third kappa shape index (κ3) is 2.35. The van der Waals surface area contributed by atoms with Gasteiger partial charge in [0.2, 0.25) is 0 Å². The van der Waals surface area contributed by atoms with Crippen LogP contribution in [-0.4, -0.2) is 39.6 Å². The maximum absolute atomic E-state index is 12.4. The summed E-state index contributed by atoms with van der Waals surface area (Å²) in [7, 11) is 0. The SMILES string of the molecule is O=C1c2ccccc2C(=O)N1C(CO)Cc1ccc(O)cc1. The molecule has 0 aromatic heterocycles. The van der Waals surface area contributed by atoms with Crippen molar-refractivity contribution in [3.63, 3.8) is 0 Å². The van der Waals surface area contributed by atoms with Gasteiger partial charge in [0, 0.05) is 0 Å². The van der Waals surface area contributed by atoms with Gasteiger partial charge in [0.25, 0.3) is 11.8 Å². The Bertz CT molecular complexity index is 689. The van der Waals surface area contributed by atoms with Gasteiger partial charge in [0.15, 0.2) is 0 Å². The number of hydrogen-bond donors (Lipinski definition) is 2. The highest BCUT2D eigenvalue weighted by molar-refractivity contribution is 6.21. The average molecular weight is 297 g/mol. The summed E-state index contributed by atoms with van der Waals surface area (Å²) in [5, 5.41) is 18.9. The molecule has 0 saturated carbocycles. The molecule has 0 radical (unpaired) electrons. The van der Waals surface area contributed by atoms with Gasteiger partial charge in [-0.25, -0.2) is 0 Å². The molecule has 1 heterocycles. The van der Waals surface area contributed by atoms with Gasteiger partial charge in [-0.05, 0) is 36.2 Å². The predicted octanol–water partition coefficient (Wildman–Crippen LogP) is 1.59. The first-order valence-corrected chi connectivity index (χ1v) is 6.97. The van der Waals surface area contributed by atoms with Gasteiger partial charge in [-0.15, -0.1) is 0 Å². The Balaban J connectivity index is 1.87. The molecule has 0 saturated heterocycles. The number of rotatable bonds is 4. The van der Waals surface area contributed by atoms with Crippen LogP contribution >= 0.6 is 0 Å². The molecule has 2 amide bonds. The zero-order chi connectivity index (χ0) is 15.7. The van der Waals surface area contributed by atoms with Crippen LogP contribution in [0.25, 0.3) is 0 Å². The Hall–Kier alpha value is -2.66. The number of benzene rings is 2. The summed E-state index contributed by atoms with van der Waals surface area (Å²) < 4.78 is 0. The largest absolute Gasteiger partial charge is 0.508 e. The van der Waals surface area contributed by atoms with Crippen molar-refractivity contribution in [1.82, 2.24) is 4.90 Å². The summed E-state index contributed by atoms with van der Waals surface area (Å²) in [6, 6.07) is 12.5. The lowest BCUT2D eigenvalue weighted by atomic mass is 10.1. The second-order valence-corrected chi connectivity index (χ2v) is 5.23. The van der Waals surface area contributed by atoms with E-state index in [9.17, 15) is 19.8 Å². The summed E-state index contributed by atoms with van der Waals surface area (Å²) in [5.41, 5.74) is 1.57. The zero-order valence-corrected chi connectivity index (χ0v) is 11.8. The third-order valence-electron chi connectivity index (χ3n) is 3.81. The summed E-state index contributed by atoms with van der Waals surface area (Å²) in [4.78, 5) is 25.9. The zero-order valence-electron chi connectivity index (χ0n) is 11.8. The molecule has 112 valence electrons. The van der Waals surface area contributed by atoms with Crippen molar-refractivity contribution >= 4 is 11.8 Å². The number of aromatic hydroxyl groups is 1. The van der Waals surface area contributed by atoms with E-state index in [0.717, 1.165) is 10.5 Å². The van der Waals surface area contributed by atoms with Gasteiger partial charge in [0.1, 0.15) is 5.75 Å². The Kier molecular flexibility index (Phi) is 3.65. The number of amides is 2. The Morgan fingerprint density at radius 2 is 1.45 bits per heavy atom. The lowest BCUT2D eigenvalue weighted by molar-refractivity contribution is 0.0516. The molecule has 0 bridgehead atoms. The highest BCUT2D eigenvalue weighted by atomic mass is 16.3. The van der Waals surface area contributed by atoms with Crippen LogP contribution in [0.5, 0.6) is 5.75 Å². The van der Waals surface area contributed by atoms with E-state index >= 15 is 0 Å². The maximum atomic E-state index is 12.4. The number of carbonyl (C=O) groups excluding carboxylic acids is 2. The first kappa shape index (κ1) is 14.3. The Morgan fingerprint density at radius 1 is 0.909 bits per heavy atom. The molecule has 0 spiro atoms. The van der Waals surface area contributed by atoms with Gasteiger partial charge in [-0.1, -0.05) is 24.3 Å². The number of fused-ring (bicyclic) bond motifs is 1. The van der Waals surface area contributed by atoms with Crippen LogP contribution in [0.3, 0.4) is 0 Å². The molecule has 22 heavy (non-hydrogen) atoms. The molecule has 1 aliphatic rings. The minimum atomic E-state index is -0.628. The minimum Gasteiger partial charge on any atom is -0.508 e. The number of carbonyl (C=O) groups is 2. The Morgan fingerprint density at radius 3 is 1.95 bits per heavy atom. The van der Waals surface area contributed by atoms with Gasteiger partial charge in [0.05, 0.1) is 23.8 Å². The first-order chi connectivity index (χ1) is 10.6. The maximum Gasteiger partial charge on any atom is 0.261 e. The van der Waals surface area contributed by atoms with E-state index < -0.39 is 6.04 Å². The molecule has 5 nitrogen and oxygen atoms in total. The smallest absolute Gasteiger partial charge is 0.261 e. The molecule has 5 heteroatoms. The molecular formula is C17H15NO4. The van der Waals surface area contributed by atoms with Crippen LogP contribution in [0.4, 0.5) is 0 Å². The number of aliphatic hydroxyl groups excluding tert-OH is 1. The molecular weight excluding hydrogens is 282 g/mol. The highest BCUT2D eigenvalue weighted by Crippen LogP contribution is 2.26. The quantitative estimate of drug-likeness (QED) is 0.840. The second-order valence-electron chi connectivity index (χ2n) is 5.23. The van der Waals surface area contributed by atoms with Crippen LogP contribution in [0.15, 0.2) is 48.5 Å². The van der Waals surface area contributed by atoms with Crippen LogP contribution in [-0.2, 0) is 6.42 Å². The van der Waals surface area contributed by atoms with Crippen molar-refractivity contribution < 1.29 is 19.8 Å². The van der Waals surface area contributed by atoms with Crippen molar-refractivity contribution in [2.75, 3.05) is 6.61 Å². The lowest BCUT2D eigenvalue weighted by Crippen LogP contribution is -2.43. The number of phenols is 1. The minimum absolute atomic E-state index is 0.144. The van der Waals surface area contributed by atoms with E-state index in [2.05, 4.69) is 0 Å². The number of phenolic OH excluding ortho intramolecular Hbond substituents is 1. The number of nitrogens with zero attached hydrogens (tertiary/aromatic N) is 1. The van der Waals surface area contributed by atoms with Crippen molar-refractivity contribution in [3.05, 3.63) is 65.2 Å². The van der Waals surface area contributed by atoms with E-state index in [1.807, 2.05) is 0 Å². The lowest BCUT2D eigenvalue weighted by Gasteiger charge is -2.24. The Labute approximate surface area is 127 Å². The molecule has 2 aromatic rings. The van der Waals surface area contributed by atoms with Crippen molar-refractivity contribution in [2.45, 2.75) is 12.5 Å². The molecule has 3 rings (SSSR count). The van der Waals surface area contributed by atoms with Crippen molar-refractivity contribution in [1.29, 1.82) is 0 Å². The van der Waals surface area contributed by atoms with Crippen LogP contribution in [0.2, 0.25) is 0 Å². The summed E-state index contributed by atoms with van der Waals surface area (Å²) in [5.74, 6) is -0.609. The number of hydrogen-bond acceptors (Lipinski definition) is 4. The van der Waals surface area contributed by atoms with Crippen LogP contribution < -0.4 is 0 Å². The molecule has 2 N–H and O–H groups in total. The summed E-state index contributed by atoms with van der Waals surface area (Å²) >= 11 is 0. The van der Waals surface area contributed by atoms with Gasteiger partial charge in [-0.2, -0.15) is 0 Å². The van der Waals surface area contributed by atoms with Crippen LogP contribution in [0, 0.1) is 0 Å². The second kappa shape index (κ2) is 5.61. The normalized spacial score (nSPS) is 15.0.